The monoisotopic (exact) mass is 553 g/mol. The second-order valence-electron chi connectivity index (χ2n) is 9.69. The molecule has 0 radical (unpaired) electrons. The van der Waals surface area contributed by atoms with Gasteiger partial charge >= 0.3 is 0 Å². The fourth-order valence-electron chi connectivity index (χ4n) is 4.38. The Kier molecular flexibility index (Phi) is 7.23. The number of anilines is 1. The van der Waals surface area contributed by atoms with Gasteiger partial charge in [-0.3, -0.25) is 9.36 Å². The lowest BCUT2D eigenvalue weighted by atomic mass is 10.1. The summed E-state index contributed by atoms with van der Waals surface area (Å²) in [6.45, 7) is 4.08. The molecular weight excluding hydrogens is 524 g/mol. The van der Waals surface area contributed by atoms with Crippen LogP contribution in [0.25, 0.3) is 22.6 Å². The molecule has 1 N–H and O–H groups in total. The summed E-state index contributed by atoms with van der Waals surface area (Å²) in [5, 5.41) is 3.04. The fourth-order valence-corrected chi connectivity index (χ4v) is 4.78. The summed E-state index contributed by atoms with van der Waals surface area (Å²) in [4.78, 5) is 37.2. The van der Waals surface area contributed by atoms with Gasteiger partial charge in [-0.2, -0.15) is 0 Å². The number of thioether (sulfide) groups is 1. The minimum atomic E-state index is -3.21. The van der Waals surface area contributed by atoms with E-state index in [4.69, 9.17) is 4.74 Å². The predicted molar refractivity (Wildman–Crippen MR) is 147 cm³/mol. The first-order chi connectivity index (χ1) is 18.6. The van der Waals surface area contributed by atoms with Crippen molar-refractivity contribution in [1.82, 2.24) is 29.5 Å². The van der Waals surface area contributed by atoms with Gasteiger partial charge in [-0.1, -0.05) is 12.1 Å². The lowest BCUT2D eigenvalue weighted by Crippen LogP contribution is -2.36. The lowest BCUT2D eigenvalue weighted by molar-refractivity contribution is -0.0257. The number of halogens is 2. The molecule has 3 heterocycles. The van der Waals surface area contributed by atoms with Crippen molar-refractivity contribution in [1.29, 1.82) is 0 Å². The third-order valence-electron chi connectivity index (χ3n) is 6.88. The van der Waals surface area contributed by atoms with Gasteiger partial charge < -0.3 is 10.1 Å². The maximum Gasteiger partial charge on any atom is 0.295 e. The van der Waals surface area contributed by atoms with Crippen molar-refractivity contribution < 1.29 is 13.5 Å². The number of aryl methyl sites for hydroxylation is 1. The van der Waals surface area contributed by atoms with E-state index in [1.54, 1.807) is 18.7 Å². The highest BCUT2D eigenvalue weighted by molar-refractivity contribution is 7.98. The molecule has 1 fully saturated rings. The zero-order valence-corrected chi connectivity index (χ0v) is 23.1. The Bertz CT molecular complexity index is 1580. The van der Waals surface area contributed by atoms with Crippen LogP contribution in [0.1, 0.15) is 55.6 Å². The smallest absolute Gasteiger partial charge is 0.295 e. The standard InChI is InChI=1S/C27H29F2N7O2S/c1-14-20-24(35-22(33-14)19-21(17-8-9-17)31-13-32-25(19)38-4)36(15(2)27(3,28)29)26(37)23(34-20)30-12-16-6-10-18(39-5)11-7-16/h6-7,10-11,13,15,17H,8-9,12H2,1-5H3,(H,30,34)/t15-/m0/s1. The molecular formula is C27H29F2N7O2S. The zero-order valence-electron chi connectivity index (χ0n) is 22.3. The molecule has 1 atom stereocenters. The summed E-state index contributed by atoms with van der Waals surface area (Å²) >= 11 is 1.63. The number of benzene rings is 1. The van der Waals surface area contributed by atoms with E-state index in [1.165, 1.54) is 20.4 Å². The van der Waals surface area contributed by atoms with E-state index >= 15 is 0 Å². The number of aromatic nitrogens is 6. The summed E-state index contributed by atoms with van der Waals surface area (Å²) in [5.74, 6) is -2.56. The summed E-state index contributed by atoms with van der Waals surface area (Å²) in [7, 11) is 1.49. The van der Waals surface area contributed by atoms with Crippen LogP contribution in [0, 0.1) is 6.92 Å². The SMILES string of the molecule is COc1ncnc(C2CC2)c1-c1nc(C)c2nc(NCc3ccc(SC)cc3)c(=O)n([C@@H](C)C(C)(F)F)c2n1. The van der Waals surface area contributed by atoms with E-state index in [0.717, 1.165) is 40.5 Å². The van der Waals surface area contributed by atoms with E-state index < -0.39 is 17.5 Å². The van der Waals surface area contributed by atoms with Crippen LogP contribution in [0.3, 0.4) is 0 Å². The van der Waals surface area contributed by atoms with Gasteiger partial charge in [-0.15, -0.1) is 11.8 Å². The van der Waals surface area contributed by atoms with Crippen molar-refractivity contribution in [2.75, 3.05) is 18.7 Å². The molecule has 9 nitrogen and oxygen atoms in total. The number of methoxy groups -OCH3 is 1. The first kappa shape index (κ1) is 26.9. The quantitative estimate of drug-likeness (QED) is 0.273. The molecule has 5 rings (SSSR count). The van der Waals surface area contributed by atoms with Crippen molar-refractivity contribution in [3.05, 3.63) is 57.9 Å². The lowest BCUT2D eigenvalue weighted by Gasteiger charge is -2.24. The van der Waals surface area contributed by atoms with Gasteiger partial charge in [0, 0.05) is 24.3 Å². The van der Waals surface area contributed by atoms with Crippen LogP contribution < -0.4 is 15.6 Å². The van der Waals surface area contributed by atoms with E-state index in [-0.39, 0.29) is 34.6 Å². The van der Waals surface area contributed by atoms with E-state index in [9.17, 15) is 13.6 Å². The summed E-state index contributed by atoms with van der Waals surface area (Å²) in [5.41, 5.74) is 2.15. The minimum absolute atomic E-state index is 0.0130. The van der Waals surface area contributed by atoms with Crippen LogP contribution in [-0.2, 0) is 6.54 Å². The summed E-state index contributed by atoms with van der Waals surface area (Å²) < 4.78 is 35.9. The summed E-state index contributed by atoms with van der Waals surface area (Å²) in [6, 6.07) is 6.33. The maximum absolute atomic E-state index is 14.7. The minimum Gasteiger partial charge on any atom is -0.480 e. The molecule has 0 unspecified atom stereocenters. The van der Waals surface area contributed by atoms with Crippen molar-refractivity contribution in [2.45, 2.75) is 62.9 Å². The first-order valence-corrected chi connectivity index (χ1v) is 13.8. The van der Waals surface area contributed by atoms with Gasteiger partial charge in [0.1, 0.15) is 17.4 Å². The molecule has 0 bridgehead atoms. The number of alkyl halides is 2. The number of hydrogen-bond acceptors (Lipinski definition) is 9. The number of ether oxygens (including phenoxy) is 1. The number of nitrogens with zero attached hydrogens (tertiary/aromatic N) is 6. The molecule has 1 saturated carbocycles. The van der Waals surface area contributed by atoms with E-state index in [1.807, 2.05) is 30.5 Å². The van der Waals surface area contributed by atoms with Gasteiger partial charge in [0.2, 0.25) is 5.88 Å². The Morgan fingerprint density at radius 1 is 1.18 bits per heavy atom. The second kappa shape index (κ2) is 10.5. The highest BCUT2D eigenvalue weighted by Crippen LogP contribution is 2.45. The number of nitrogens with one attached hydrogen (secondary N) is 1. The van der Waals surface area contributed by atoms with Crippen molar-refractivity contribution in [2.24, 2.45) is 0 Å². The molecule has 1 aliphatic rings. The Balaban J connectivity index is 1.67. The predicted octanol–water partition coefficient (Wildman–Crippen LogP) is 5.39. The Hall–Kier alpha value is -3.67. The Morgan fingerprint density at radius 2 is 1.90 bits per heavy atom. The van der Waals surface area contributed by atoms with Crippen LogP contribution in [-0.4, -0.2) is 48.8 Å². The molecule has 3 aromatic heterocycles. The van der Waals surface area contributed by atoms with Gasteiger partial charge in [0.05, 0.1) is 24.5 Å². The molecule has 4 aromatic rings. The van der Waals surface area contributed by atoms with Gasteiger partial charge in [0.15, 0.2) is 17.3 Å². The third-order valence-corrected chi connectivity index (χ3v) is 7.62. The van der Waals surface area contributed by atoms with Gasteiger partial charge in [-0.05, 0) is 50.6 Å². The van der Waals surface area contributed by atoms with E-state index in [2.05, 4.69) is 30.2 Å². The second-order valence-corrected chi connectivity index (χ2v) is 10.6. The molecule has 39 heavy (non-hydrogen) atoms. The fraction of sp³-hybridized carbons (Fsp3) is 0.407. The highest BCUT2D eigenvalue weighted by Gasteiger charge is 2.36. The van der Waals surface area contributed by atoms with Crippen molar-refractivity contribution in [3.63, 3.8) is 0 Å². The molecule has 0 saturated heterocycles. The van der Waals surface area contributed by atoms with Crippen molar-refractivity contribution >= 4 is 28.7 Å². The van der Waals surface area contributed by atoms with Crippen LogP contribution in [0.5, 0.6) is 5.88 Å². The molecule has 0 spiro atoms. The molecule has 1 aromatic carbocycles. The number of hydrogen-bond donors (Lipinski definition) is 1. The third kappa shape index (κ3) is 5.29. The average molecular weight is 554 g/mol. The zero-order chi connectivity index (χ0) is 27.9. The molecule has 1 aliphatic carbocycles. The van der Waals surface area contributed by atoms with Crippen molar-refractivity contribution in [3.8, 4) is 17.3 Å². The molecule has 204 valence electrons. The van der Waals surface area contributed by atoms with Gasteiger partial charge in [-0.25, -0.2) is 33.7 Å². The summed E-state index contributed by atoms with van der Waals surface area (Å²) in [6.07, 6.45) is 5.33. The first-order valence-electron chi connectivity index (χ1n) is 12.6. The molecule has 12 heteroatoms. The average Bonchev–Trinajstić information content (AvgIpc) is 3.76. The van der Waals surface area contributed by atoms with Crippen LogP contribution in [0.15, 0.2) is 40.3 Å². The Labute approximate surface area is 228 Å². The van der Waals surface area contributed by atoms with Crippen LogP contribution in [0.4, 0.5) is 14.6 Å². The normalized spacial score (nSPS) is 14.4. The van der Waals surface area contributed by atoms with Crippen LogP contribution in [0.2, 0.25) is 0 Å². The topological polar surface area (TPSA) is 108 Å². The highest BCUT2D eigenvalue weighted by atomic mass is 32.2. The van der Waals surface area contributed by atoms with E-state index in [0.29, 0.717) is 17.8 Å². The maximum atomic E-state index is 14.7. The number of fused-ring (bicyclic) bond motifs is 1. The van der Waals surface area contributed by atoms with Gasteiger partial charge in [0.25, 0.3) is 11.5 Å². The molecule has 0 amide bonds. The largest absolute Gasteiger partial charge is 0.480 e. The number of rotatable bonds is 9. The molecule has 0 aliphatic heterocycles. The van der Waals surface area contributed by atoms with Crippen LogP contribution >= 0.6 is 11.8 Å². The Morgan fingerprint density at radius 3 is 2.51 bits per heavy atom.